The summed E-state index contributed by atoms with van der Waals surface area (Å²) >= 11 is 0. The number of aliphatic hydroxyl groups is 1. The van der Waals surface area contributed by atoms with E-state index in [-0.39, 0.29) is 17.6 Å². The van der Waals surface area contributed by atoms with E-state index in [1.807, 2.05) is 18.7 Å². The molecule has 2 rings (SSSR count). The van der Waals surface area contributed by atoms with Gasteiger partial charge < -0.3 is 10.0 Å². The average Bonchev–Trinajstić information content (AvgIpc) is 2.47. The molecule has 1 aliphatic heterocycles. The number of likely N-dealkylation sites (tertiary alicyclic amines) is 1. The minimum atomic E-state index is -0.686. The highest BCUT2D eigenvalue weighted by molar-refractivity contribution is 5.87. The summed E-state index contributed by atoms with van der Waals surface area (Å²) in [4.78, 5) is 14.7. The fourth-order valence-electron chi connectivity index (χ4n) is 2.97. The van der Waals surface area contributed by atoms with Crippen molar-refractivity contribution in [3.05, 3.63) is 35.6 Å². The molecule has 0 saturated carbocycles. The maximum Gasteiger partial charge on any atom is 0.232 e. The second kappa shape index (κ2) is 6.14. The van der Waals surface area contributed by atoms with E-state index in [4.69, 9.17) is 0 Å². The maximum absolute atomic E-state index is 13.0. The van der Waals surface area contributed by atoms with Crippen LogP contribution in [-0.4, -0.2) is 35.1 Å². The van der Waals surface area contributed by atoms with Gasteiger partial charge in [0, 0.05) is 19.0 Å². The molecule has 0 aromatic heterocycles. The van der Waals surface area contributed by atoms with Crippen molar-refractivity contribution in [2.45, 2.75) is 45.1 Å². The summed E-state index contributed by atoms with van der Waals surface area (Å²) in [5, 5.41) is 9.75. The molecule has 0 aliphatic carbocycles. The first-order valence-corrected chi connectivity index (χ1v) is 7.56. The molecule has 1 N–H and O–H groups in total. The van der Waals surface area contributed by atoms with E-state index in [1.54, 1.807) is 19.1 Å². The molecule has 116 valence electrons. The topological polar surface area (TPSA) is 40.5 Å². The molecule has 0 bridgehead atoms. The van der Waals surface area contributed by atoms with Crippen LogP contribution in [0.4, 0.5) is 4.39 Å². The Morgan fingerprint density at radius 1 is 1.38 bits per heavy atom. The van der Waals surface area contributed by atoms with Gasteiger partial charge in [-0.2, -0.15) is 0 Å². The number of carbonyl (C=O) groups is 1. The number of amides is 1. The number of carbonyl (C=O) groups excluding carboxylic acids is 1. The Kier molecular flexibility index (Phi) is 4.67. The maximum atomic E-state index is 13.0. The summed E-state index contributed by atoms with van der Waals surface area (Å²) in [6, 6.07) is 6.12. The van der Waals surface area contributed by atoms with Gasteiger partial charge in [0.25, 0.3) is 0 Å². The lowest BCUT2D eigenvalue weighted by molar-refractivity contribution is -0.139. The molecule has 0 radical (unpaired) electrons. The normalized spacial score (nSPS) is 21.2. The van der Waals surface area contributed by atoms with E-state index in [1.165, 1.54) is 12.1 Å². The van der Waals surface area contributed by atoms with Crippen molar-refractivity contribution in [2.75, 3.05) is 13.1 Å². The second-order valence-electron chi connectivity index (χ2n) is 6.53. The Hall–Kier alpha value is -1.42. The third-order valence-corrected chi connectivity index (χ3v) is 4.53. The number of hydrogen-bond donors (Lipinski definition) is 1. The first kappa shape index (κ1) is 16.0. The Morgan fingerprint density at radius 2 is 2.00 bits per heavy atom. The van der Waals surface area contributed by atoms with Gasteiger partial charge in [0.15, 0.2) is 0 Å². The van der Waals surface area contributed by atoms with E-state index in [9.17, 15) is 14.3 Å². The van der Waals surface area contributed by atoms with Gasteiger partial charge >= 0.3 is 0 Å². The number of nitrogens with zero attached hydrogens (tertiary/aromatic N) is 1. The number of piperidine rings is 1. The Labute approximate surface area is 125 Å². The summed E-state index contributed by atoms with van der Waals surface area (Å²) in [6.07, 6.45) is 1.48. The quantitative estimate of drug-likeness (QED) is 0.931. The van der Waals surface area contributed by atoms with Gasteiger partial charge in [-0.1, -0.05) is 12.1 Å². The van der Waals surface area contributed by atoms with Crippen molar-refractivity contribution in [1.82, 2.24) is 4.90 Å². The monoisotopic (exact) mass is 293 g/mol. The molecule has 1 fully saturated rings. The molecular formula is C17H24FNO2. The van der Waals surface area contributed by atoms with Crippen molar-refractivity contribution in [2.24, 2.45) is 5.92 Å². The lowest BCUT2D eigenvalue weighted by Crippen LogP contribution is -2.49. The van der Waals surface area contributed by atoms with Gasteiger partial charge in [-0.25, -0.2) is 4.39 Å². The van der Waals surface area contributed by atoms with Gasteiger partial charge in [-0.3, -0.25) is 4.79 Å². The summed E-state index contributed by atoms with van der Waals surface area (Å²) < 4.78 is 13.0. The zero-order valence-electron chi connectivity index (χ0n) is 13.0. The van der Waals surface area contributed by atoms with Crippen LogP contribution < -0.4 is 0 Å². The molecule has 3 nitrogen and oxygen atoms in total. The first-order chi connectivity index (χ1) is 9.82. The van der Waals surface area contributed by atoms with Crippen molar-refractivity contribution in [1.29, 1.82) is 0 Å². The van der Waals surface area contributed by atoms with Crippen molar-refractivity contribution in [3.63, 3.8) is 0 Å². The number of benzene rings is 1. The Bertz CT molecular complexity index is 496. The number of aliphatic hydroxyl groups excluding tert-OH is 1. The zero-order chi connectivity index (χ0) is 15.6. The summed E-state index contributed by atoms with van der Waals surface area (Å²) in [7, 11) is 0. The summed E-state index contributed by atoms with van der Waals surface area (Å²) in [5.74, 6) is -0.111. The summed E-state index contributed by atoms with van der Waals surface area (Å²) in [6.45, 7) is 6.85. The molecule has 1 saturated heterocycles. The smallest absolute Gasteiger partial charge is 0.232 e. The van der Waals surface area contributed by atoms with E-state index >= 15 is 0 Å². The first-order valence-electron chi connectivity index (χ1n) is 7.56. The molecule has 1 heterocycles. The molecule has 2 atom stereocenters. The molecule has 1 aliphatic rings. The van der Waals surface area contributed by atoms with Crippen LogP contribution in [0, 0.1) is 11.7 Å². The Morgan fingerprint density at radius 3 is 2.57 bits per heavy atom. The van der Waals surface area contributed by atoms with Crippen LogP contribution in [-0.2, 0) is 10.2 Å². The third kappa shape index (κ3) is 3.43. The number of rotatable bonds is 3. The van der Waals surface area contributed by atoms with Crippen molar-refractivity contribution >= 4 is 5.91 Å². The van der Waals surface area contributed by atoms with Crippen molar-refractivity contribution < 1.29 is 14.3 Å². The van der Waals surface area contributed by atoms with Crippen LogP contribution in [0.5, 0.6) is 0 Å². The van der Waals surface area contributed by atoms with Crippen LogP contribution in [0.15, 0.2) is 24.3 Å². The molecule has 1 amide bonds. The molecule has 4 heteroatoms. The predicted octanol–water partition coefficient (Wildman–Crippen LogP) is 2.72. The molecule has 0 spiro atoms. The van der Waals surface area contributed by atoms with Gasteiger partial charge in [0.1, 0.15) is 5.82 Å². The van der Waals surface area contributed by atoms with Crippen LogP contribution in [0.25, 0.3) is 0 Å². The van der Waals surface area contributed by atoms with E-state index < -0.39 is 11.5 Å². The fourth-order valence-corrected chi connectivity index (χ4v) is 2.97. The van der Waals surface area contributed by atoms with E-state index in [2.05, 4.69) is 0 Å². The van der Waals surface area contributed by atoms with Gasteiger partial charge in [0.05, 0.1) is 11.5 Å². The van der Waals surface area contributed by atoms with Gasteiger partial charge in [0.2, 0.25) is 5.91 Å². The molecule has 1 aromatic carbocycles. The highest BCUT2D eigenvalue weighted by Crippen LogP contribution is 2.29. The minimum absolute atomic E-state index is 0.0412. The SMILES string of the molecule is CC(O)C1CCCN(C(=O)C(C)(C)c2ccc(F)cc2)C1. The molecular weight excluding hydrogens is 269 g/mol. The lowest BCUT2D eigenvalue weighted by Gasteiger charge is -2.38. The predicted molar refractivity (Wildman–Crippen MR) is 80.4 cm³/mol. The fraction of sp³-hybridized carbons (Fsp3) is 0.588. The largest absolute Gasteiger partial charge is 0.393 e. The lowest BCUT2D eigenvalue weighted by atomic mass is 9.82. The van der Waals surface area contributed by atoms with E-state index in [0.717, 1.165) is 24.9 Å². The van der Waals surface area contributed by atoms with Gasteiger partial charge in [-0.05, 0) is 51.3 Å². The van der Waals surface area contributed by atoms with Crippen LogP contribution in [0.2, 0.25) is 0 Å². The minimum Gasteiger partial charge on any atom is -0.393 e. The highest BCUT2D eigenvalue weighted by Gasteiger charge is 2.36. The van der Waals surface area contributed by atoms with Crippen molar-refractivity contribution in [3.8, 4) is 0 Å². The second-order valence-corrected chi connectivity index (χ2v) is 6.53. The highest BCUT2D eigenvalue weighted by atomic mass is 19.1. The number of halogens is 1. The summed E-state index contributed by atoms with van der Waals surface area (Å²) in [5.41, 5.74) is 0.127. The van der Waals surface area contributed by atoms with Crippen LogP contribution in [0.3, 0.4) is 0 Å². The molecule has 21 heavy (non-hydrogen) atoms. The third-order valence-electron chi connectivity index (χ3n) is 4.53. The Balaban J connectivity index is 2.15. The van der Waals surface area contributed by atoms with E-state index in [0.29, 0.717) is 6.54 Å². The number of hydrogen-bond acceptors (Lipinski definition) is 2. The van der Waals surface area contributed by atoms with Gasteiger partial charge in [-0.15, -0.1) is 0 Å². The average molecular weight is 293 g/mol. The standard InChI is InChI=1S/C17H24FNO2/c1-12(20)13-5-4-10-19(11-13)16(21)17(2,3)14-6-8-15(18)9-7-14/h6-9,12-13,20H,4-5,10-11H2,1-3H3. The molecule has 2 unspecified atom stereocenters. The van der Waals surface area contributed by atoms with Crippen LogP contribution >= 0.6 is 0 Å². The van der Waals surface area contributed by atoms with Crippen LogP contribution in [0.1, 0.15) is 39.2 Å². The zero-order valence-corrected chi connectivity index (χ0v) is 13.0. The molecule has 1 aromatic rings.